The zero-order chi connectivity index (χ0) is 11.5. The second-order valence-corrected chi connectivity index (χ2v) is 3.51. The maximum absolute atomic E-state index is 5.38. The first-order chi connectivity index (χ1) is 7.93. The third kappa shape index (κ3) is 6.32. The second-order valence-electron chi connectivity index (χ2n) is 3.51. The topological polar surface area (TPSA) is 34.1 Å². The molecule has 1 rings (SSSR count). The van der Waals surface area contributed by atoms with Crippen molar-refractivity contribution in [2.75, 3.05) is 26.3 Å². The Bertz CT molecular complexity index is 275. The molecule has 3 heteroatoms. The Labute approximate surface area is 97.5 Å². The number of hydrogen-bond acceptors (Lipinski definition) is 3. The molecule has 0 fully saturated rings. The minimum Gasteiger partial charge on any atom is -0.380 e. The maximum atomic E-state index is 5.38. The minimum absolute atomic E-state index is 0.760. The summed E-state index contributed by atoms with van der Waals surface area (Å²) in [5, 5.41) is 3.32. The number of ether oxygens (including phenoxy) is 1. The molecule has 3 nitrogen and oxygen atoms in total. The van der Waals surface area contributed by atoms with Gasteiger partial charge in [-0.05, 0) is 18.6 Å². The predicted molar refractivity (Wildman–Crippen MR) is 66.4 cm³/mol. The molecule has 0 aromatic carbocycles. The molecular formula is C13H20N2O. The van der Waals surface area contributed by atoms with E-state index in [1.54, 1.807) is 0 Å². The molecule has 0 radical (unpaired) electrons. The predicted octanol–water partition coefficient (Wildman–Crippen LogP) is 1.81. The molecular weight excluding hydrogens is 200 g/mol. The van der Waals surface area contributed by atoms with Gasteiger partial charge < -0.3 is 10.1 Å². The van der Waals surface area contributed by atoms with Gasteiger partial charge in [-0.2, -0.15) is 0 Å². The van der Waals surface area contributed by atoms with E-state index in [-0.39, 0.29) is 0 Å². The Kier molecular flexibility index (Phi) is 7.30. The van der Waals surface area contributed by atoms with E-state index in [0.29, 0.717) is 0 Å². The van der Waals surface area contributed by atoms with Gasteiger partial charge in [0, 0.05) is 31.4 Å². The molecule has 16 heavy (non-hydrogen) atoms. The van der Waals surface area contributed by atoms with E-state index in [4.69, 9.17) is 4.74 Å². The fraction of sp³-hybridized carbons (Fsp3) is 0.462. The first-order valence-corrected chi connectivity index (χ1v) is 5.72. The van der Waals surface area contributed by atoms with Crippen LogP contribution in [-0.2, 0) is 11.2 Å². The van der Waals surface area contributed by atoms with Gasteiger partial charge in [0.2, 0.25) is 0 Å². The van der Waals surface area contributed by atoms with Crippen LogP contribution in [0.4, 0.5) is 0 Å². The average molecular weight is 220 g/mol. The molecule has 0 atom stereocenters. The fourth-order valence-electron chi connectivity index (χ4n) is 1.30. The summed E-state index contributed by atoms with van der Waals surface area (Å²) in [5.41, 5.74) is 1.13. The SMILES string of the molecule is C=CCCOCCNCCc1ccccn1. The van der Waals surface area contributed by atoms with Crippen molar-refractivity contribution in [3.05, 3.63) is 42.7 Å². The van der Waals surface area contributed by atoms with E-state index in [2.05, 4.69) is 16.9 Å². The van der Waals surface area contributed by atoms with Crippen LogP contribution in [0.25, 0.3) is 0 Å². The van der Waals surface area contributed by atoms with Crippen LogP contribution in [0.3, 0.4) is 0 Å². The third-order valence-corrected chi connectivity index (χ3v) is 2.17. The van der Waals surface area contributed by atoms with Gasteiger partial charge in [0.15, 0.2) is 0 Å². The Morgan fingerprint density at radius 1 is 1.31 bits per heavy atom. The summed E-state index contributed by atoms with van der Waals surface area (Å²) in [4.78, 5) is 4.25. The van der Waals surface area contributed by atoms with E-state index < -0.39 is 0 Å². The number of nitrogens with zero attached hydrogens (tertiary/aromatic N) is 1. The molecule has 0 bridgehead atoms. The van der Waals surface area contributed by atoms with Crippen molar-refractivity contribution >= 4 is 0 Å². The first-order valence-electron chi connectivity index (χ1n) is 5.72. The molecule has 0 saturated carbocycles. The summed E-state index contributed by atoms with van der Waals surface area (Å²) in [6.45, 7) is 7.01. The van der Waals surface area contributed by atoms with Gasteiger partial charge in [0.25, 0.3) is 0 Å². The summed E-state index contributed by atoms with van der Waals surface area (Å²) in [6, 6.07) is 5.99. The number of nitrogens with one attached hydrogen (secondary N) is 1. The van der Waals surface area contributed by atoms with E-state index in [1.165, 1.54) is 0 Å². The van der Waals surface area contributed by atoms with Gasteiger partial charge in [-0.25, -0.2) is 0 Å². The second kappa shape index (κ2) is 9.07. The summed E-state index contributed by atoms with van der Waals surface area (Å²) in [7, 11) is 0. The summed E-state index contributed by atoms with van der Waals surface area (Å²) in [5.74, 6) is 0. The zero-order valence-electron chi connectivity index (χ0n) is 9.69. The zero-order valence-corrected chi connectivity index (χ0v) is 9.69. The van der Waals surface area contributed by atoms with Crippen molar-refractivity contribution in [2.24, 2.45) is 0 Å². The molecule has 0 saturated heterocycles. The fourth-order valence-corrected chi connectivity index (χ4v) is 1.30. The monoisotopic (exact) mass is 220 g/mol. The van der Waals surface area contributed by atoms with Crippen molar-refractivity contribution in [1.29, 1.82) is 0 Å². The lowest BCUT2D eigenvalue weighted by Crippen LogP contribution is -2.22. The van der Waals surface area contributed by atoms with Crippen molar-refractivity contribution in [2.45, 2.75) is 12.8 Å². The van der Waals surface area contributed by atoms with Crippen molar-refractivity contribution < 1.29 is 4.74 Å². The van der Waals surface area contributed by atoms with Crippen molar-refractivity contribution in [1.82, 2.24) is 10.3 Å². The standard InChI is InChI=1S/C13H20N2O/c1-2-3-11-16-12-10-14-9-7-13-6-4-5-8-15-13/h2,4-6,8,14H,1,3,7,9-12H2. The number of hydrogen-bond donors (Lipinski definition) is 1. The van der Waals surface area contributed by atoms with Gasteiger partial charge in [0.05, 0.1) is 13.2 Å². The lowest BCUT2D eigenvalue weighted by molar-refractivity contribution is 0.140. The Morgan fingerprint density at radius 2 is 2.25 bits per heavy atom. The van der Waals surface area contributed by atoms with E-state index >= 15 is 0 Å². The maximum Gasteiger partial charge on any atom is 0.0591 e. The normalized spacial score (nSPS) is 10.2. The molecule has 1 N–H and O–H groups in total. The quantitative estimate of drug-likeness (QED) is 0.509. The van der Waals surface area contributed by atoms with Crippen LogP contribution in [0.15, 0.2) is 37.1 Å². The highest BCUT2D eigenvalue weighted by Crippen LogP contribution is 1.92. The molecule has 1 aromatic rings. The number of aromatic nitrogens is 1. The van der Waals surface area contributed by atoms with Crippen LogP contribution in [0.5, 0.6) is 0 Å². The van der Waals surface area contributed by atoms with Gasteiger partial charge in [-0.15, -0.1) is 6.58 Å². The lowest BCUT2D eigenvalue weighted by Gasteiger charge is -2.05. The van der Waals surface area contributed by atoms with Crippen LogP contribution in [0.2, 0.25) is 0 Å². The van der Waals surface area contributed by atoms with Gasteiger partial charge in [-0.3, -0.25) is 4.98 Å². The average Bonchev–Trinajstić information content (AvgIpc) is 2.34. The van der Waals surface area contributed by atoms with Crippen LogP contribution in [0, 0.1) is 0 Å². The molecule has 0 amide bonds. The van der Waals surface area contributed by atoms with Gasteiger partial charge >= 0.3 is 0 Å². The Hall–Kier alpha value is -1.19. The Morgan fingerprint density at radius 3 is 3.00 bits per heavy atom. The van der Waals surface area contributed by atoms with E-state index in [1.807, 2.05) is 30.5 Å². The van der Waals surface area contributed by atoms with E-state index in [0.717, 1.165) is 44.8 Å². The summed E-state index contributed by atoms with van der Waals surface area (Å²) < 4.78 is 5.38. The summed E-state index contributed by atoms with van der Waals surface area (Å²) in [6.07, 6.45) is 5.59. The van der Waals surface area contributed by atoms with Crippen LogP contribution < -0.4 is 5.32 Å². The first kappa shape index (κ1) is 12.9. The van der Waals surface area contributed by atoms with Crippen LogP contribution in [0.1, 0.15) is 12.1 Å². The number of rotatable bonds is 9. The third-order valence-electron chi connectivity index (χ3n) is 2.17. The lowest BCUT2D eigenvalue weighted by atomic mass is 10.3. The van der Waals surface area contributed by atoms with E-state index in [9.17, 15) is 0 Å². The molecule has 0 spiro atoms. The van der Waals surface area contributed by atoms with Crippen molar-refractivity contribution in [3.8, 4) is 0 Å². The van der Waals surface area contributed by atoms with Crippen LogP contribution >= 0.6 is 0 Å². The minimum atomic E-state index is 0.760. The van der Waals surface area contributed by atoms with Crippen LogP contribution in [-0.4, -0.2) is 31.3 Å². The largest absolute Gasteiger partial charge is 0.380 e. The summed E-state index contributed by atoms with van der Waals surface area (Å²) >= 11 is 0. The molecule has 0 aliphatic heterocycles. The molecule has 1 heterocycles. The molecule has 88 valence electrons. The highest BCUT2D eigenvalue weighted by molar-refractivity contribution is 5.03. The molecule has 0 unspecified atom stereocenters. The highest BCUT2D eigenvalue weighted by atomic mass is 16.5. The number of pyridine rings is 1. The molecule has 0 aliphatic rings. The Balaban J connectivity index is 1.90. The highest BCUT2D eigenvalue weighted by Gasteiger charge is 1.92. The van der Waals surface area contributed by atoms with Gasteiger partial charge in [0.1, 0.15) is 0 Å². The molecule has 0 aliphatic carbocycles. The smallest absolute Gasteiger partial charge is 0.0591 e. The van der Waals surface area contributed by atoms with Crippen molar-refractivity contribution in [3.63, 3.8) is 0 Å². The van der Waals surface area contributed by atoms with Gasteiger partial charge in [-0.1, -0.05) is 12.1 Å². The molecule has 1 aromatic heterocycles.